The van der Waals surface area contributed by atoms with Gasteiger partial charge in [-0.05, 0) is 12.1 Å². The van der Waals surface area contributed by atoms with E-state index in [4.69, 9.17) is 16.3 Å². The van der Waals surface area contributed by atoms with E-state index in [0.29, 0.717) is 27.5 Å². The standard InChI is InChI=1S/C11H9ClN2O2S2/c12-9-2-1-8(18-9)10(15)14-5-7(6-14)16-11-13-3-4-17-11/h1-4,7H,5-6H2. The molecule has 94 valence electrons. The molecule has 3 heterocycles. The summed E-state index contributed by atoms with van der Waals surface area (Å²) in [5, 5.41) is 2.52. The summed E-state index contributed by atoms with van der Waals surface area (Å²) in [5.74, 6) is 0.0193. The predicted molar refractivity (Wildman–Crippen MR) is 71.8 cm³/mol. The first-order valence-electron chi connectivity index (χ1n) is 5.33. The highest BCUT2D eigenvalue weighted by Gasteiger charge is 2.33. The molecule has 1 fully saturated rings. The van der Waals surface area contributed by atoms with Crippen molar-refractivity contribution in [1.82, 2.24) is 9.88 Å². The van der Waals surface area contributed by atoms with Gasteiger partial charge >= 0.3 is 0 Å². The van der Waals surface area contributed by atoms with Crippen molar-refractivity contribution in [2.45, 2.75) is 6.10 Å². The summed E-state index contributed by atoms with van der Waals surface area (Å²) < 4.78 is 6.24. The number of amides is 1. The molecule has 4 nitrogen and oxygen atoms in total. The number of carbonyl (C=O) groups excluding carboxylic acids is 1. The number of aromatic nitrogens is 1. The molecule has 0 atom stereocenters. The van der Waals surface area contributed by atoms with E-state index < -0.39 is 0 Å². The Morgan fingerprint density at radius 1 is 1.50 bits per heavy atom. The van der Waals surface area contributed by atoms with Crippen LogP contribution in [0.3, 0.4) is 0 Å². The predicted octanol–water partition coefficient (Wildman–Crippen LogP) is 2.76. The third-order valence-corrected chi connectivity index (χ3v) is 4.48. The molecule has 0 saturated carbocycles. The minimum Gasteiger partial charge on any atom is -0.463 e. The largest absolute Gasteiger partial charge is 0.463 e. The molecular formula is C11H9ClN2O2S2. The molecule has 1 aliphatic heterocycles. The first-order valence-corrected chi connectivity index (χ1v) is 7.40. The van der Waals surface area contributed by atoms with Crippen molar-refractivity contribution in [3.63, 3.8) is 0 Å². The lowest BCUT2D eigenvalue weighted by Gasteiger charge is -2.37. The molecule has 2 aromatic heterocycles. The Bertz CT molecular complexity index is 549. The summed E-state index contributed by atoms with van der Waals surface area (Å²) in [6, 6.07) is 3.49. The average Bonchev–Trinajstić information content (AvgIpc) is 2.93. The summed E-state index contributed by atoms with van der Waals surface area (Å²) >= 11 is 8.57. The number of carbonyl (C=O) groups is 1. The van der Waals surface area contributed by atoms with Gasteiger partial charge in [-0.2, -0.15) is 0 Å². The van der Waals surface area contributed by atoms with Crippen LogP contribution in [0.1, 0.15) is 9.67 Å². The van der Waals surface area contributed by atoms with Crippen molar-refractivity contribution in [2.75, 3.05) is 13.1 Å². The van der Waals surface area contributed by atoms with Crippen LogP contribution >= 0.6 is 34.3 Å². The van der Waals surface area contributed by atoms with Crippen molar-refractivity contribution in [1.29, 1.82) is 0 Å². The molecule has 1 amide bonds. The molecule has 1 aliphatic rings. The second-order valence-electron chi connectivity index (χ2n) is 3.85. The van der Waals surface area contributed by atoms with Crippen LogP contribution in [0.2, 0.25) is 4.34 Å². The highest BCUT2D eigenvalue weighted by molar-refractivity contribution is 7.18. The van der Waals surface area contributed by atoms with E-state index in [2.05, 4.69) is 4.98 Å². The molecule has 18 heavy (non-hydrogen) atoms. The molecule has 0 spiro atoms. The van der Waals surface area contributed by atoms with Gasteiger partial charge in [-0.15, -0.1) is 11.3 Å². The maximum atomic E-state index is 12.0. The lowest BCUT2D eigenvalue weighted by Crippen LogP contribution is -2.56. The Morgan fingerprint density at radius 2 is 2.33 bits per heavy atom. The molecule has 0 aliphatic carbocycles. The minimum absolute atomic E-state index is 0.0193. The summed E-state index contributed by atoms with van der Waals surface area (Å²) in [7, 11) is 0. The zero-order chi connectivity index (χ0) is 12.5. The van der Waals surface area contributed by atoms with Gasteiger partial charge in [0.15, 0.2) is 0 Å². The van der Waals surface area contributed by atoms with Gasteiger partial charge in [0.25, 0.3) is 11.1 Å². The van der Waals surface area contributed by atoms with Crippen LogP contribution in [0.4, 0.5) is 0 Å². The van der Waals surface area contributed by atoms with E-state index in [1.165, 1.54) is 22.7 Å². The second kappa shape index (κ2) is 4.87. The van der Waals surface area contributed by atoms with E-state index in [-0.39, 0.29) is 12.0 Å². The Balaban J connectivity index is 1.54. The zero-order valence-electron chi connectivity index (χ0n) is 9.21. The number of likely N-dealkylation sites (tertiary alicyclic amines) is 1. The van der Waals surface area contributed by atoms with E-state index >= 15 is 0 Å². The van der Waals surface area contributed by atoms with Crippen LogP contribution in [-0.4, -0.2) is 35.0 Å². The quantitative estimate of drug-likeness (QED) is 0.875. The first-order chi connectivity index (χ1) is 8.72. The molecule has 7 heteroatoms. The topological polar surface area (TPSA) is 42.4 Å². The molecular weight excluding hydrogens is 292 g/mol. The summed E-state index contributed by atoms with van der Waals surface area (Å²) in [6.07, 6.45) is 1.76. The van der Waals surface area contributed by atoms with Crippen molar-refractivity contribution < 1.29 is 9.53 Å². The van der Waals surface area contributed by atoms with Gasteiger partial charge in [0.05, 0.1) is 22.3 Å². The first kappa shape index (κ1) is 12.0. The van der Waals surface area contributed by atoms with Gasteiger partial charge in [-0.25, -0.2) is 4.98 Å². The lowest BCUT2D eigenvalue weighted by molar-refractivity contribution is 0.0181. The maximum absolute atomic E-state index is 12.0. The molecule has 3 rings (SSSR count). The average molecular weight is 301 g/mol. The summed E-state index contributed by atoms with van der Waals surface area (Å²) in [6.45, 7) is 1.21. The van der Waals surface area contributed by atoms with E-state index in [1.807, 2.05) is 5.38 Å². The van der Waals surface area contributed by atoms with Crippen LogP contribution < -0.4 is 4.74 Å². The smallest absolute Gasteiger partial charge is 0.273 e. The number of hydrogen-bond acceptors (Lipinski definition) is 5. The van der Waals surface area contributed by atoms with Crippen molar-refractivity contribution >= 4 is 40.2 Å². The fraction of sp³-hybridized carbons (Fsp3) is 0.273. The Labute approximate surface area is 117 Å². The number of hydrogen-bond donors (Lipinski definition) is 0. The molecule has 0 bridgehead atoms. The minimum atomic E-state index is 0.0193. The van der Waals surface area contributed by atoms with Crippen LogP contribution in [0.15, 0.2) is 23.7 Å². The molecule has 0 unspecified atom stereocenters. The highest BCUT2D eigenvalue weighted by atomic mass is 35.5. The molecule has 0 aromatic carbocycles. The molecule has 0 radical (unpaired) electrons. The highest BCUT2D eigenvalue weighted by Crippen LogP contribution is 2.26. The summed E-state index contributed by atoms with van der Waals surface area (Å²) in [5.41, 5.74) is 0. The number of nitrogens with zero attached hydrogens (tertiary/aromatic N) is 2. The third kappa shape index (κ3) is 2.36. The van der Waals surface area contributed by atoms with Crippen molar-refractivity contribution in [3.8, 4) is 5.19 Å². The van der Waals surface area contributed by atoms with Gasteiger partial charge in [0.1, 0.15) is 6.10 Å². The Morgan fingerprint density at radius 3 is 2.94 bits per heavy atom. The van der Waals surface area contributed by atoms with Gasteiger partial charge in [-0.1, -0.05) is 22.9 Å². The number of halogens is 1. The van der Waals surface area contributed by atoms with Crippen LogP contribution in [0, 0.1) is 0 Å². The maximum Gasteiger partial charge on any atom is 0.273 e. The molecule has 2 aromatic rings. The lowest BCUT2D eigenvalue weighted by atomic mass is 10.1. The van der Waals surface area contributed by atoms with E-state index in [9.17, 15) is 4.79 Å². The van der Waals surface area contributed by atoms with Crippen molar-refractivity contribution in [2.24, 2.45) is 0 Å². The summed E-state index contributed by atoms with van der Waals surface area (Å²) in [4.78, 5) is 18.5. The van der Waals surface area contributed by atoms with Crippen LogP contribution in [0.25, 0.3) is 0 Å². The second-order valence-corrected chi connectivity index (χ2v) is 6.42. The monoisotopic (exact) mass is 300 g/mol. The van der Waals surface area contributed by atoms with Gasteiger partial charge in [0, 0.05) is 11.6 Å². The van der Waals surface area contributed by atoms with E-state index in [0.717, 1.165) is 0 Å². The van der Waals surface area contributed by atoms with Gasteiger partial charge in [-0.3, -0.25) is 4.79 Å². The Kier molecular flexibility index (Phi) is 3.23. The zero-order valence-corrected chi connectivity index (χ0v) is 11.6. The van der Waals surface area contributed by atoms with Crippen LogP contribution in [0.5, 0.6) is 5.19 Å². The fourth-order valence-corrected chi connectivity index (χ4v) is 3.24. The normalized spacial score (nSPS) is 15.5. The van der Waals surface area contributed by atoms with Crippen LogP contribution in [-0.2, 0) is 0 Å². The number of rotatable bonds is 3. The molecule has 0 N–H and O–H groups in total. The number of thiophene rings is 1. The SMILES string of the molecule is O=C(c1ccc(Cl)s1)N1CC(Oc2nccs2)C1. The number of thiazole rings is 1. The number of ether oxygens (including phenoxy) is 1. The van der Waals surface area contributed by atoms with Gasteiger partial charge in [0.2, 0.25) is 0 Å². The Hall–Kier alpha value is -1.11. The molecule has 1 saturated heterocycles. The third-order valence-electron chi connectivity index (χ3n) is 2.60. The van der Waals surface area contributed by atoms with Gasteiger partial charge < -0.3 is 9.64 Å². The van der Waals surface area contributed by atoms with Crippen molar-refractivity contribution in [3.05, 3.63) is 32.9 Å². The van der Waals surface area contributed by atoms with E-state index in [1.54, 1.807) is 23.2 Å². The fourth-order valence-electron chi connectivity index (χ4n) is 1.67.